The lowest BCUT2D eigenvalue weighted by Gasteiger charge is -2.05. The minimum Gasteiger partial charge on any atom is -0.480 e. The number of benzene rings is 1. The van der Waals surface area contributed by atoms with Crippen molar-refractivity contribution in [3.63, 3.8) is 0 Å². The number of rotatable bonds is 3. The average Bonchev–Trinajstić information content (AvgIpc) is 2.43. The topological polar surface area (TPSA) is 52.1 Å². The van der Waals surface area contributed by atoms with Crippen molar-refractivity contribution in [3.8, 4) is 5.88 Å². The summed E-state index contributed by atoms with van der Waals surface area (Å²) in [5.74, 6) is -2.61. The maximum absolute atomic E-state index is 13.8. The largest absolute Gasteiger partial charge is 0.480 e. The van der Waals surface area contributed by atoms with Crippen molar-refractivity contribution >= 4 is 21.7 Å². The number of carbonyl (C=O) groups is 1. The van der Waals surface area contributed by atoms with Crippen molar-refractivity contribution in [2.45, 2.75) is 0 Å². The number of halogens is 3. The first-order valence-electron chi connectivity index (χ1n) is 5.10. The highest BCUT2D eigenvalue weighted by Crippen LogP contribution is 2.23. The molecule has 2 rings (SSSR count). The van der Waals surface area contributed by atoms with Crippen molar-refractivity contribution < 1.29 is 18.3 Å². The number of carbonyl (C=O) groups excluding carboxylic acids is 1. The van der Waals surface area contributed by atoms with Crippen LogP contribution in [-0.4, -0.2) is 23.1 Å². The maximum Gasteiger partial charge on any atom is 0.233 e. The van der Waals surface area contributed by atoms with E-state index in [9.17, 15) is 13.6 Å². The van der Waals surface area contributed by atoms with Crippen molar-refractivity contribution in [3.05, 3.63) is 51.6 Å². The summed E-state index contributed by atoms with van der Waals surface area (Å²) in [6.07, 6.45) is 0. The van der Waals surface area contributed by atoms with Gasteiger partial charge in [0.1, 0.15) is 11.5 Å². The van der Waals surface area contributed by atoms with Crippen LogP contribution in [0.4, 0.5) is 8.78 Å². The van der Waals surface area contributed by atoms with Crippen LogP contribution in [0.1, 0.15) is 16.1 Å². The van der Waals surface area contributed by atoms with Gasteiger partial charge in [-0.05, 0) is 34.1 Å². The number of ether oxygens (including phenoxy) is 1. The van der Waals surface area contributed by atoms with Crippen molar-refractivity contribution in [1.82, 2.24) is 10.2 Å². The van der Waals surface area contributed by atoms with E-state index in [0.29, 0.717) is 0 Å². The number of hydrogen-bond donors (Lipinski definition) is 0. The molecule has 0 bridgehead atoms. The van der Waals surface area contributed by atoms with Crippen LogP contribution < -0.4 is 4.74 Å². The Morgan fingerprint density at radius 3 is 2.53 bits per heavy atom. The smallest absolute Gasteiger partial charge is 0.233 e. The number of hydrogen-bond acceptors (Lipinski definition) is 4. The van der Waals surface area contributed by atoms with E-state index in [0.717, 1.165) is 6.07 Å². The van der Waals surface area contributed by atoms with Crippen molar-refractivity contribution in [2.75, 3.05) is 7.11 Å². The Hall–Kier alpha value is -1.89. The van der Waals surface area contributed by atoms with Gasteiger partial charge in [-0.3, -0.25) is 4.79 Å². The van der Waals surface area contributed by atoms with Gasteiger partial charge >= 0.3 is 0 Å². The molecule has 4 nitrogen and oxygen atoms in total. The first kappa shape index (κ1) is 13.5. The van der Waals surface area contributed by atoms with Gasteiger partial charge in [0, 0.05) is 6.07 Å². The number of methoxy groups -OCH3 is 1. The Morgan fingerprint density at radius 1 is 1.21 bits per heavy atom. The van der Waals surface area contributed by atoms with Gasteiger partial charge in [-0.2, -0.15) is 0 Å². The zero-order chi connectivity index (χ0) is 14.0. The minimum atomic E-state index is -0.970. The summed E-state index contributed by atoms with van der Waals surface area (Å²) in [7, 11) is 1.39. The molecule has 0 radical (unpaired) electrons. The van der Waals surface area contributed by atoms with Crippen LogP contribution in [0.25, 0.3) is 0 Å². The van der Waals surface area contributed by atoms with Gasteiger partial charge in [-0.25, -0.2) is 8.78 Å². The van der Waals surface area contributed by atoms with E-state index in [1.54, 1.807) is 0 Å². The fourth-order valence-corrected chi connectivity index (χ4v) is 1.74. The van der Waals surface area contributed by atoms with Gasteiger partial charge in [0.15, 0.2) is 5.82 Å². The summed E-state index contributed by atoms with van der Waals surface area (Å²) in [6, 6.07) is 4.85. The Labute approximate surface area is 115 Å². The molecule has 1 aromatic carbocycles. The lowest BCUT2D eigenvalue weighted by Crippen LogP contribution is -2.10. The molecule has 0 fully saturated rings. The number of nitrogens with zero attached hydrogens (tertiary/aromatic N) is 2. The summed E-state index contributed by atoms with van der Waals surface area (Å²) in [4.78, 5) is 12.0. The third kappa shape index (κ3) is 2.60. The quantitative estimate of drug-likeness (QED) is 0.642. The Balaban J connectivity index is 2.46. The number of ketones is 1. The van der Waals surface area contributed by atoms with Crippen LogP contribution in [0.3, 0.4) is 0 Å². The predicted molar refractivity (Wildman–Crippen MR) is 66.1 cm³/mol. The zero-order valence-corrected chi connectivity index (χ0v) is 11.2. The van der Waals surface area contributed by atoms with E-state index in [4.69, 9.17) is 4.74 Å². The normalized spacial score (nSPS) is 10.3. The Kier molecular flexibility index (Phi) is 3.84. The highest BCUT2D eigenvalue weighted by atomic mass is 79.9. The monoisotopic (exact) mass is 328 g/mol. The first-order chi connectivity index (χ1) is 9.04. The zero-order valence-electron chi connectivity index (χ0n) is 9.65. The molecular weight excluding hydrogens is 322 g/mol. The molecule has 0 atom stereocenters. The molecule has 0 saturated heterocycles. The molecule has 0 unspecified atom stereocenters. The van der Waals surface area contributed by atoms with Gasteiger partial charge in [0.25, 0.3) is 0 Å². The summed E-state index contributed by atoms with van der Waals surface area (Å²) >= 11 is 2.89. The van der Waals surface area contributed by atoms with Gasteiger partial charge in [0.2, 0.25) is 11.7 Å². The lowest BCUT2D eigenvalue weighted by molar-refractivity contribution is 0.102. The van der Waals surface area contributed by atoms with Crippen LogP contribution in [-0.2, 0) is 0 Å². The standard InChI is InChI=1S/C12H7BrF2N2O2/c1-19-9-5-4-8(16-17-9)12(18)10-7(14)3-2-6(13)11(10)15/h2-5H,1H3. The Bertz CT molecular complexity index is 632. The van der Waals surface area contributed by atoms with E-state index in [1.165, 1.54) is 25.3 Å². The van der Waals surface area contributed by atoms with E-state index in [-0.39, 0.29) is 16.0 Å². The molecule has 0 N–H and O–H groups in total. The lowest BCUT2D eigenvalue weighted by atomic mass is 10.1. The molecule has 0 spiro atoms. The SMILES string of the molecule is COc1ccc(C(=O)c2c(F)ccc(Br)c2F)nn1. The third-order valence-electron chi connectivity index (χ3n) is 2.35. The van der Waals surface area contributed by atoms with Gasteiger partial charge in [-0.15, -0.1) is 10.2 Å². The van der Waals surface area contributed by atoms with Crippen LogP contribution in [0.15, 0.2) is 28.7 Å². The fraction of sp³-hybridized carbons (Fsp3) is 0.0833. The van der Waals surface area contributed by atoms with E-state index >= 15 is 0 Å². The van der Waals surface area contributed by atoms with Gasteiger partial charge in [0.05, 0.1) is 17.1 Å². The fourth-order valence-electron chi connectivity index (χ4n) is 1.41. The molecule has 2 aromatic rings. The maximum atomic E-state index is 13.8. The van der Waals surface area contributed by atoms with Gasteiger partial charge in [-0.1, -0.05) is 0 Å². The molecular formula is C12H7BrF2N2O2. The van der Waals surface area contributed by atoms with E-state index < -0.39 is 23.0 Å². The molecule has 0 amide bonds. The molecule has 19 heavy (non-hydrogen) atoms. The van der Waals surface area contributed by atoms with Crippen LogP contribution in [0.2, 0.25) is 0 Å². The highest BCUT2D eigenvalue weighted by Gasteiger charge is 2.22. The molecule has 1 heterocycles. The average molecular weight is 329 g/mol. The first-order valence-corrected chi connectivity index (χ1v) is 5.90. The van der Waals surface area contributed by atoms with Gasteiger partial charge < -0.3 is 4.74 Å². The number of aromatic nitrogens is 2. The van der Waals surface area contributed by atoms with Crippen LogP contribution >= 0.6 is 15.9 Å². The highest BCUT2D eigenvalue weighted by molar-refractivity contribution is 9.10. The molecule has 1 aromatic heterocycles. The van der Waals surface area contributed by atoms with Crippen LogP contribution in [0, 0.1) is 11.6 Å². The Morgan fingerprint density at radius 2 is 1.95 bits per heavy atom. The third-order valence-corrected chi connectivity index (χ3v) is 2.97. The molecule has 98 valence electrons. The van der Waals surface area contributed by atoms with Crippen molar-refractivity contribution in [2.24, 2.45) is 0 Å². The summed E-state index contributed by atoms with van der Waals surface area (Å²) in [5.41, 5.74) is -0.842. The summed E-state index contributed by atoms with van der Waals surface area (Å²) in [5, 5.41) is 7.14. The second-order valence-electron chi connectivity index (χ2n) is 3.51. The summed E-state index contributed by atoms with van der Waals surface area (Å²) < 4.78 is 32.1. The molecule has 0 aliphatic rings. The molecule has 0 saturated carbocycles. The minimum absolute atomic E-state index is 0.00118. The predicted octanol–water partition coefficient (Wildman–Crippen LogP) is 2.76. The second-order valence-corrected chi connectivity index (χ2v) is 4.36. The molecule has 0 aliphatic heterocycles. The van der Waals surface area contributed by atoms with Crippen LogP contribution in [0.5, 0.6) is 5.88 Å². The van der Waals surface area contributed by atoms with E-state index in [2.05, 4.69) is 26.1 Å². The molecule has 7 heteroatoms. The summed E-state index contributed by atoms with van der Waals surface area (Å²) in [6.45, 7) is 0. The van der Waals surface area contributed by atoms with E-state index in [1.807, 2.05) is 0 Å². The van der Waals surface area contributed by atoms with Crippen molar-refractivity contribution in [1.29, 1.82) is 0 Å². The second kappa shape index (κ2) is 5.40. The molecule has 0 aliphatic carbocycles.